The number of nitrogens with one attached hydrogen (secondary N) is 1. The number of carbonyl (C=O) groups excluding carboxylic acids is 1. The average Bonchev–Trinajstić information content (AvgIpc) is 2.67. The molecule has 2 aromatic carbocycles. The second-order valence-electron chi connectivity index (χ2n) is 7.21. The van der Waals surface area contributed by atoms with Crippen LogP contribution in [0, 0.1) is 5.92 Å². The number of hydrogen-bond acceptors (Lipinski definition) is 3. The van der Waals surface area contributed by atoms with E-state index in [1.807, 2.05) is 30.5 Å². The molecule has 0 bridgehead atoms. The summed E-state index contributed by atoms with van der Waals surface area (Å²) in [5.41, 5.74) is 3.65. The van der Waals surface area contributed by atoms with Gasteiger partial charge in [0.05, 0.1) is 5.56 Å². The fourth-order valence-electron chi connectivity index (χ4n) is 3.71. The van der Waals surface area contributed by atoms with Crippen molar-refractivity contribution >= 4 is 17.7 Å². The normalized spacial score (nSPS) is 15.5. The summed E-state index contributed by atoms with van der Waals surface area (Å²) in [5, 5.41) is 3.18. The van der Waals surface area contributed by atoms with Crippen LogP contribution in [0.3, 0.4) is 0 Å². The molecule has 138 valence electrons. The van der Waals surface area contributed by atoms with Crippen molar-refractivity contribution in [2.75, 3.05) is 19.3 Å². The minimum Gasteiger partial charge on any atom is -0.350 e. The van der Waals surface area contributed by atoms with Crippen molar-refractivity contribution in [3.05, 3.63) is 65.2 Å². The number of nitrogens with zero attached hydrogens (tertiary/aromatic N) is 1. The topological polar surface area (TPSA) is 32.3 Å². The Hall–Kier alpha value is -1.78. The highest BCUT2D eigenvalue weighted by Crippen LogP contribution is 2.23. The molecule has 0 radical (unpaired) electrons. The maximum absolute atomic E-state index is 12.7. The maximum atomic E-state index is 12.7. The zero-order valence-electron chi connectivity index (χ0n) is 15.9. The molecule has 1 N–H and O–H groups in total. The number of hydrogen-bond donors (Lipinski definition) is 1. The maximum Gasteiger partial charge on any atom is 0.252 e. The van der Waals surface area contributed by atoms with Crippen LogP contribution in [0.15, 0.2) is 53.4 Å². The van der Waals surface area contributed by atoms with Gasteiger partial charge in [-0.15, -0.1) is 11.8 Å². The quantitative estimate of drug-likeness (QED) is 0.775. The third-order valence-corrected chi connectivity index (χ3v) is 6.02. The van der Waals surface area contributed by atoms with Crippen molar-refractivity contribution < 1.29 is 4.79 Å². The van der Waals surface area contributed by atoms with Crippen LogP contribution in [0.2, 0.25) is 0 Å². The van der Waals surface area contributed by atoms with E-state index in [4.69, 9.17) is 0 Å². The van der Waals surface area contributed by atoms with Crippen LogP contribution in [0.5, 0.6) is 0 Å². The van der Waals surface area contributed by atoms with Gasteiger partial charge in [-0.1, -0.05) is 50.2 Å². The van der Waals surface area contributed by atoms with Crippen molar-refractivity contribution in [2.45, 2.75) is 37.8 Å². The summed E-state index contributed by atoms with van der Waals surface area (Å²) in [6.45, 7) is 7.19. The lowest BCUT2D eigenvalue weighted by Gasteiger charge is -2.38. The van der Waals surface area contributed by atoms with Crippen LogP contribution in [-0.2, 0) is 13.0 Å². The molecule has 3 rings (SSSR count). The first-order valence-electron chi connectivity index (χ1n) is 9.32. The van der Waals surface area contributed by atoms with Crippen LogP contribution >= 0.6 is 11.8 Å². The lowest BCUT2D eigenvalue weighted by molar-refractivity contribution is 0.0901. The van der Waals surface area contributed by atoms with Crippen LogP contribution in [0.1, 0.15) is 35.3 Å². The van der Waals surface area contributed by atoms with E-state index in [1.165, 1.54) is 11.1 Å². The largest absolute Gasteiger partial charge is 0.350 e. The molecule has 1 heterocycles. The molecule has 0 aliphatic carbocycles. The fourth-order valence-corrected chi connectivity index (χ4v) is 4.31. The molecule has 1 amide bonds. The van der Waals surface area contributed by atoms with Gasteiger partial charge in [-0.3, -0.25) is 9.69 Å². The molecular formula is C22H28N2OS. The van der Waals surface area contributed by atoms with Gasteiger partial charge in [-0.05, 0) is 41.9 Å². The molecule has 0 unspecified atom stereocenters. The van der Waals surface area contributed by atoms with E-state index >= 15 is 0 Å². The molecule has 1 aliphatic heterocycles. The molecule has 3 nitrogen and oxygen atoms in total. The summed E-state index contributed by atoms with van der Waals surface area (Å²) in [6, 6.07) is 16.9. The smallest absolute Gasteiger partial charge is 0.252 e. The molecule has 0 saturated carbocycles. The summed E-state index contributed by atoms with van der Waals surface area (Å²) in [5.74, 6) is 0.509. The lowest BCUT2D eigenvalue weighted by Crippen LogP contribution is -2.48. The number of thioether (sulfide) groups is 1. The van der Waals surface area contributed by atoms with Crippen molar-refractivity contribution in [2.24, 2.45) is 5.92 Å². The number of fused-ring (bicyclic) bond motifs is 1. The van der Waals surface area contributed by atoms with Gasteiger partial charge in [0.1, 0.15) is 0 Å². The minimum absolute atomic E-state index is 0.0259. The van der Waals surface area contributed by atoms with E-state index in [9.17, 15) is 4.79 Å². The fraction of sp³-hybridized carbons (Fsp3) is 0.409. The van der Waals surface area contributed by atoms with Crippen LogP contribution < -0.4 is 5.32 Å². The molecule has 4 heteroatoms. The molecule has 0 saturated heterocycles. The molecule has 1 aliphatic rings. The first kappa shape index (κ1) is 19.0. The summed E-state index contributed by atoms with van der Waals surface area (Å²) in [4.78, 5) is 16.2. The highest BCUT2D eigenvalue weighted by Gasteiger charge is 2.26. The first-order chi connectivity index (χ1) is 12.6. The Balaban J connectivity index is 1.67. The SMILES string of the molecule is CSc1ccccc1C(=O)NC[C@@H](C(C)C)N1CCc2ccccc2C1. The molecule has 26 heavy (non-hydrogen) atoms. The number of amides is 1. The summed E-state index contributed by atoms with van der Waals surface area (Å²) in [7, 11) is 0. The van der Waals surface area contributed by atoms with Gasteiger partial charge in [0.25, 0.3) is 5.91 Å². The molecular weight excluding hydrogens is 340 g/mol. The third kappa shape index (κ3) is 4.30. The van der Waals surface area contributed by atoms with Gasteiger partial charge >= 0.3 is 0 Å². The lowest BCUT2D eigenvalue weighted by atomic mass is 9.95. The number of rotatable bonds is 6. The first-order valence-corrected chi connectivity index (χ1v) is 10.5. The predicted octanol–water partition coefficient (Wildman–Crippen LogP) is 4.22. The molecule has 0 aromatic heterocycles. The summed E-state index contributed by atoms with van der Waals surface area (Å²) >= 11 is 1.61. The van der Waals surface area contributed by atoms with E-state index in [1.54, 1.807) is 11.8 Å². The van der Waals surface area contributed by atoms with Crippen LogP contribution in [-0.4, -0.2) is 36.2 Å². The number of benzene rings is 2. The van der Waals surface area contributed by atoms with Crippen molar-refractivity contribution in [3.63, 3.8) is 0 Å². The molecule has 1 atom stereocenters. The van der Waals surface area contributed by atoms with E-state index < -0.39 is 0 Å². The number of carbonyl (C=O) groups is 1. The Morgan fingerprint density at radius 2 is 1.81 bits per heavy atom. The zero-order chi connectivity index (χ0) is 18.5. The average molecular weight is 369 g/mol. The second kappa shape index (κ2) is 8.74. The van der Waals surface area contributed by atoms with E-state index in [0.29, 0.717) is 18.5 Å². The van der Waals surface area contributed by atoms with Gasteiger partial charge < -0.3 is 5.32 Å². The van der Waals surface area contributed by atoms with Crippen molar-refractivity contribution in [1.82, 2.24) is 10.2 Å². The highest BCUT2D eigenvalue weighted by molar-refractivity contribution is 7.98. The van der Waals surface area contributed by atoms with Crippen LogP contribution in [0.25, 0.3) is 0 Å². The van der Waals surface area contributed by atoms with E-state index in [2.05, 4.69) is 48.3 Å². The molecule has 2 aromatic rings. The van der Waals surface area contributed by atoms with E-state index in [-0.39, 0.29) is 5.91 Å². The Morgan fingerprint density at radius 3 is 2.54 bits per heavy atom. The Morgan fingerprint density at radius 1 is 1.12 bits per heavy atom. The van der Waals surface area contributed by atoms with E-state index in [0.717, 1.165) is 30.0 Å². The Kier molecular flexibility index (Phi) is 6.38. The third-order valence-electron chi connectivity index (χ3n) is 5.22. The van der Waals surface area contributed by atoms with Crippen molar-refractivity contribution in [3.8, 4) is 0 Å². The second-order valence-corrected chi connectivity index (χ2v) is 8.06. The van der Waals surface area contributed by atoms with Gasteiger partial charge in [0.15, 0.2) is 0 Å². The monoisotopic (exact) mass is 368 g/mol. The Labute approximate surface area is 161 Å². The van der Waals surface area contributed by atoms with Gasteiger partial charge in [-0.2, -0.15) is 0 Å². The highest BCUT2D eigenvalue weighted by atomic mass is 32.2. The predicted molar refractivity (Wildman–Crippen MR) is 110 cm³/mol. The summed E-state index contributed by atoms with van der Waals surface area (Å²) < 4.78 is 0. The van der Waals surface area contributed by atoms with Gasteiger partial charge in [0.2, 0.25) is 0 Å². The Bertz CT molecular complexity index is 759. The van der Waals surface area contributed by atoms with Gasteiger partial charge in [0, 0.05) is 30.6 Å². The minimum atomic E-state index is 0.0259. The van der Waals surface area contributed by atoms with Crippen molar-refractivity contribution in [1.29, 1.82) is 0 Å². The molecule has 0 spiro atoms. The summed E-state index contributed by atoms with van der Waals surface area (Å²) in [6.07, 6.45) is 3.09. The van der Waals surface area contributed by atoms with Crippen LogP contribution in [0.4, 0.5) is 0 Å². The standard InChI is InChI=1S/C22H28N2OS/c1-16(2)20(24-13-12-17-8-4-5-9-18(17)15-24)14-23-22(25)19-10-6-7-11-21(19)26-3/h4-11,16,20H,12-15H2,1-3H3,(H,23,25)/t20-/m0/s1. The molecule has 0 fully saturated rings. The zero-order valence-corrected chi connectivity index (χ0v) is 16.7. The van der Waals surface area contributed by atoms with Gasteiger partial charge in [-0.25, -0.2) is 0 Å².